The lowest BCUT2D eigenvalue weighted by Crippen LogP contribution is -2.38. The van der Waals surface area contributed by atoms with Gasteiger partial charge < -0.3 is 10.2 Å². The molecule has 8 heteroatoms. The van der Waals surface area contributed by atoms with Crippen LogP contribution in [0, 0.1) is 0 Å². The van der Waals surface area contributed by atoms with Crippen molar-refractivity contribution in [2.75, 3.05) is 11.4 Å². The summed E-state index contributed by atoms with van der Waals surface area (Å²) in [4.78, 5) is 15.0. The highest BCUT2D eigenvalue weighted by molar-refractivity contribution is 6.07. The zero-order chi connectivity index (χ0) is 22.0. The molecule has 2 aromatic carbocycles. The summed E-state index contributed by atoms with van der Waals surface area (Å²) in [6.07, 6.45) is -1.09. The molecule has 0 bridgehead atoms. The molecule has 162 valence electrons. The second-order valence-electron chi connectivity index (χ2n) is 7.84. The number of nitrogens with one attached hydrogen (secondary N) is 1. The van der Waals surface area contributed by atoms with Crippen molar-refractivity contribution in [3.8, 4) is 0 Å². The number of benzene rings is 2. The molecule has 5 nitrogen and oxygen atoms in total. The number of alkyl halides is 3. The largest absolute Gasteiger partial charge is 0.416 e. The van der Waals surface area contributed by atoms with Crippen LogP contribution in [0.1, 0.15) is 47.8 Å². The van der Waals surface area contributed by atoms with Crippen molar-refractivity contribution < 1.29 is 18.0 Å². The van der Waals surface area contributed by atoms with Gasteiger partial charge in [0.2, 0.25) is 0 Å². The van der Waals surface area contributed by atoms with Crippen molar-refractivity contribution in [1.29, 1.82) is 0 Å². The standard InChI is InChI=1S/C23H23F3N4O/c1-15-7-4-5-12-30(15)21-19-11-3-2-10-18(19)20(28-29-21)22(31)27-14-16-8-6-9-17(13-16)23(24,25)26/h2-3,6,8-11,13,15H,4-5,7,12,14H2,1H3,(H,27,31)/t15-/m0/s1. The normalized spacial score (nSPS) is 17.0. The van der Waals surface area contributed by atoms with Gasteiger partial charge in [0.1, 0.15) is 0 Å². The van der Waals surface area contributed by atoms with Gasteiger partial charge in [0.05, 0.1) is 5.56 Å². The molecule has 3 aromatic rings. The molecule has 1 fully saturated rings. The number of nitrogens with zero attached hydrogens (tertiary/aromatic N) is 3. The molecule has 0 saturated carbocycles. The van der Waals surface area contributed by atoms with E-state index in [2.05, 4.69) is 27.3 Å². The number of amides is 1. The summed E-state index contributed by atoms with van der Waals surface area (Å²) in [6, 6.07) is 12.7. The average Bonchev–Trinajstić information content (AvgIpc) is 2.77. The van der Waals surface area contributed by atoms with Crippen LogP contribution in [0.25, 0.3) is 10.8 Å². The van der Waals surface area contributed by atoms with Gasteiger partial charge >= 0.3 is 6.18 Å². The van der Waals surface area contributed by atoms with E-state index >= 15 is 0 Å². The van der Waals surface area contributed by atoms with E-state index in [4.69, 9.17) is 0 Å². The first kappa shape index (κ1) is 21.1. The van der Waals surface area contributed by atoms with Crippen molar-refractivity contribution in [1.82, 2.24) is 15.5 Å². The highest BCUT2D eigenvalue weighted by Crippen LogP contribution is 2.31. The van der Waals surface area contributed by atoms with Crippen molar-refractivity contribution in [2.45, 2.75) is 44.9 Å². The predicted octanol–water partition coefficient (Wildman–Crippen LogP) is 4.96. The summed E-state index contributed by atoms with van der Waals surface area (Å²) in [7, 11) is 0. The Labute approximate surface area is 178 Å². The lowest BCUT2D eigenvalue weighted by Gasteiger charge is -2.34. The van der Waals surface area contributed by atoms with Gasteiger partial charge in [-0.1, -0.05) is 36.4 Å². The highest BCUT2D eigenvalue weighted by Gasteiger charge is 2.30. The van der Waals surface area contributed by atoms with Crippen LogP contribution in [0.5, 0.6) is 0 Å². The molecule has 31 heavy (non-hydrogen) atoms. The molecule has 1 aliphatic heterocycles. The van der Waals surface area contributed by atoms with E-state index in [0.29, 0.717) is 17.0 Å². The minimum atomic E-state index is -4.43. The first-order valence-corrected chi connectivity index (χ1v) is 10.3. The van der Waals surface area contributed by atoms with E-state index in [-0.39, 0.29) is 12.2 Å². The minimum Gasteiger partial charge on any atom is -0.352 e. The number of halogens is 3. The number of fused-ring (bicyclic) bond motifs is 1. The van der Waals surface area contributed by atoms with Crippen LogP contribution in [0.4, 0.5) is 19.0 Å². The molecular weight excluding hydrogens is 405 g/mol. The van der Waals surface area contributed by atoms with Crippen molar-refractivity contribution in [3.05, 3.63) is 65.4 Å². The third-order valence-electron chi connectivity index (χ3n) is 5.67. The summed E-state index contributed by atoms with van der Waals surface area (Å²) in [5, 5.41) is 12.8. The van der Waals surface area contributed by atoms with E-state index in [0.717, 1.165) is 42.7 Å². The first-order valence-electron chi connectivity index (χ1n) is 10.3. The smallest absolute Gasteiger partial charge is 0.352 e. The Morgan fingerprint density at radius 1 is 1.10 bits per heavy atom. The molecule has 0 unspecified atom stereocenters. The Morgan fingerprint density at radius 3 is 2.61 bits per heavy atom. The molecule has 1 amide bonds. The summed E-state index contributed by atoms with van der Waals surface area (Å²) in [6.45, 7) is 3.01. The Kier molecular flexibility index (Phi) is 5.80. The molecule has 4 rings (SSSR count). The molecule has 0 radical (unpaired) electrons. The van der Waals surface area contributed by atoms with Gasteiger partial charge in [-0.15, -0.1) is 10.2 Å². The number of anilines is 1. The third-order valence-corrected chi connectivity index (χ3v) is 5.67. The van der Waals surface area contributed by atoms with Gasteiger partial charge in [0, 0.05) is 29.9 Å². The van der Waals surface area contributed by atoms with Gasteiger partial charge in [-0.3, -0.25) is 4.79 Å². The molecule has 1 N–H and O–H groups in total. The summed E-state index contributed by atoms with van der Waals surface area (Å²) < 4.78 is 38.7. The van der Waals surface area contributed by atoms with Gasteiger partial charge in [-0.25, -0.2) is 0 Å². The second-order valence-corrected chi connectivity index (χ2v) is 7.84. The van der Waals surface area contributed by atoms with Crippen molar-refractivity contribution in [2.24, 2.45) is 0 Å². The zero-order valence-electron chi connectivity index (χ0n) is 17.1. The number of rotatable bonds is 4. The fraction of sp³-hybridized carbons (Fsp3) is 0.348. The predicted molar refractivity (Wildman–Crippen MR) is 113 cm³/mol. The fourth-order valence-electron chi connectivity index (χ4n) is 4.01. The van der Waals surface area contributed by atoms with Crippen LogP contribution in [-0.2, 0) is 12.7 Å². The average molecular weight is 428 g/mol. The number of carbonyl (C=O) groups excluding carboxylic acids is 1. The van der Waals surface area contributed by atoms with Gasteiger partial charge in [-0.2, -0.15) is 13.2 Å². The maximum Gasteiger partial charge on any atom is 0.416 e. The molecular formula is C23H23F3N4O. The first-order chi connectivity index (χ1) is 14.8. The van der Waals surface area contributed by atoms with Crippen LogP contribution < -0.4 is 10.2 Å². The second kappa shape index (κ2) is 8.53. The van der Waals surface area contributed by atoms with Crippen molar-refractivity contribution >= 4 is 22.5 Å². The topological polar surface area (TPSA) is 58.1 Å². The maximum atomic E-state index is 12.9. The summed E-state index contributed by atoms with van der Waals surface area (Å²) >= 11 is 0. The number of piperidine rings is 1. The van der Waals surface area contributed by atoms with Crippen LogP contribution in [0.3, 0.4) is 0 Å². The van der Waals surface area contributed by atoms with E-state index in [9.17, 15) is 18.0 Å². The molecule has 1 aromatic heterocycles. The Hall–Kier alpha value is -3.16. The van der Waals surface area contributed by atoms with Crippen LogP contribution in [0.2, 0.25) is 0 Å². The molecule has 1 aliphatic rings. The number of hydrogen-bond acceptors (Lipinski definition) is 4. The summed E-state index contributed by atoms with van der Waals surface area (Å²) in [5.41, 5.74) is -0.223. The van der Waals surface area contributed by atoms with Crippen LogP contribution in [-0.4, -0.2) is 28.7 Å². The molecule has 0 spiro atoms. The van der Waals surface area contributed by atoms with Gasteiger partial charge in [-0.05, 0) is 43.9 Å². The zero-order valence-corrected chi connectivity index (χ0v) is 17.1. The fourth-order valence-corrected chi connectivity index (χ4v) is 4.01. The molecule has 1 saturated heterocycles. The molecule has 0 aliphatic carbocycles. The monoisotopic (exact) mass is 428 g/mol. The van der Waals surface area contributed by atoms with E-state index < -0.39 is 17.6 Å². The lowest BCUT2D eigenvalue weighted by atomic mass is 10.0. The van der Waals surface area contributed by atoms with Crippen molar-refractivity contribution in [3.63, 3.8) is 0 Å². The van der Waals surface area contributed by atoms with Crippen LogP contribution in [0.15, 0.2) is 48.5 Å². The van der Waals surface area contributed by atoms with E-state index in [1.165, 1.54) is 12.5 Å². The van der Waals surface area contributed by atoms with E-state index in [1.807, 2.05) is 24.3 Å². The van der Waals surface area contributed by atoms with Gasteiger partial charge in [0.15, 0.2) is 11.5 Å². The molecule has 2 heterocycles. The Morgan fingerprint density at radius 2 is 1.87 bits per heavy atom. The SMILES string of the molecule is C[C@H]1CCCCN1c1nnc(C(=O)NCc2cccc(C(F)(F)F)c2)c2ccccc12. The van der Waals surface area contributed by atoms with Gasteiger partial charge in [0.25, 0.3) is 5.91 Å². The molecule has 1 atom stereocenters. The number of carbonyl (C=O) groups is 1. The number of hydrogen-bond donors (Lipinski definition) is 1. The highest BCUT2D eigenvalue weighted by atomic mass is 19.4. The van der Waals surface area contributed by atoms with Crippen LogP contribution >= 0.6 is 0 Å². The lowest BCUT2D eigenvalue weighted by molar-refractivity contribution is -0.137. The Balaban J connectivity index is 1.59. The summed E-state index contributed by atoms with van der Waals surface area (Å²) in [5.74, 6) is 0.289. The van der Waals surface area contributed by atoms with E-state index in [1.54, 1.807) is 6.07 Å². The quantitative estimate of drug-likeness (QED) is 0.638. The third kappa shape index (κ3) is 4.47. The Bertz CT molecular complexity index is 1100. The minimum absolute atomic E-state index is 0.0380. The maximum absolute atomic E-state index is 12.9. The number of aromatic nitrogens is 2.